The van der Waals surface area contributed by atoms with Gasteiger partial charge in [-0.25, -0.2) is 0 Å². The zero-order chi connectivity index (χ0) is 23.3. The summed E-state index contributed by atoms with van der Waals surface area (Å²) in [5.41, 5.74) is 0.878. The fourth-order valence-corrected chi connectivity index (χ4v) is 4.64. The molecule has 1 aromatic carbocycles. The van der Waals surface area contributed by atoms with Crippen LogP contribution < -0.4 is 0 Å². The number of fused-ring (bicyclic) bond motifs is 1. The quantitative estimate of drug-likeness (QED) is 0.345. The maximum absolute atomic E-state index is 10.6. The van der Waals surface area contributed by atoms with Crippen molar-refractivity contribution in [1.82, 2.24) is 0 Å². The lowest BCUT2D eigenvalue weighted by Crippen LogP contribution is -2.62. The van der Waals surface area contributed by atoms with Gasteiger partial charge in [0.1, 0.15) is 24.4 Å². The lowest BCUT2D eigenvalue weighted by molar-refractivity contribution is -0.361. The van der Waals surface area contributed by atoms with Crippen LogP contribution in [0.5, 0.6) is 0 Å². The number of rotatable bonds is 15. The van der Waals surface area contributed by atoms with Gasteiger partial charge in [0.2, 0.25) is 0 Å². The maximum Gasteiger partial charge on any atom is 0.186 e. The largest absolute Gasteiger partial charge is 0.387 e. The number of hydrogen-bond donors (Lipinski definition) is 2. The topological polar surface area (TPSA) is 77.4 Å². The summed E-state index contributed by atoms with van der Waals surface area (Å²) in [6.07, 6.45) is 10.7. The predicted octanol–water partition coefficient (Wildman–Crippen LogP) is 5.27. The van der Waals surface area contributed by atoms with Crippen molar-refractivity contribution in [3.8, 4) is 0 Å². The van der Waals surface area contributed by atoms with Crippen LogP contribution >= 0.6 is 0 Å². The van der Waals surface area contributed by atoms with Gasteiger partial charge in [-0.2, -0.15) is 0 Å². The van der Waals surface area contributed by atoms with Crippen molar-refractivity contribution in [2.45, 2.75) is 121 Å². The Morgan fingerprint density at radius 2 is 1.39 bits per heavy atom. The van der Waals surface area contributed by atoms with Gasteiger partial charge >= 0.3 is 0 Å². The summed E-state index contributed by atoms with van der Waals surface area (Å²) in [7, 11) is 0. The van der Waals surface area contributed by atoms with E-state index >= 15 is 0 Å². The van der Waals surface area contributed by atoms with Crippen LogP contribution in [0.1, 0.15) is 95.8 Å². The number of aliphatic hydroxyl groups is 2. The van der Waals surface area contributed by atoms with Crippen LogP contribution in [0.4, 0.5) is 0 Å². The zero-order valence-corrected chi connectivity index (χ0v) is 20.3. The molecule has 2 saturated heterocycles. The second kappa shape index (κ2) is 15.1. The fourth-order valence-electron chi connectivity index (χ4n) is 4.64. The number of ether oxygens (including phenoxy) is 4. The van der Waals surface area contributed by atoms with Crippen LogP contribution in [0.3, 0.4) is 0 Å². The van der Waals surface area contributed by atoms with Crippen LogP contribution in [0, 0.1) is 0 Å². The third kappa shape index (κ3) is 8.61. The highest BCUT2D eigenvalue weighted by Crippen LogP contribution is 2.34. The van der Waals surface area contributed by atoms with Gasteiger partial charge in [-0.1, -0.05) is 108 Å². The SMILES string of the molecule is CCCCCCCCCCCCCCO[C@@H]1O[C@@H]2COC(c3ccccc3)O[C@@H]2[C@H](O)[C@H]1O. The highest BCUT2D eigenvalue weighted by atomic mass is 16.8. The molecule has 1 aromatic rings. The Morgan fingerprint density at radius 3 is 2.03 bits per heavy atom. The molecule has 2 heterocycles. The van der Waals surface area contributed by atoms with E-state index in [0.29, 0.717) is 6.61 Å². The summed E-state index contributed by atoms with van der Waals surface area (Å²) in [6, 6.07) is 9.58. The summed E-state index contributed by atoms with van der Waals surface area (Å²) in [6.45, 7) is 3.06. The van der Waals surface area contributed by atoms with Crippen molar-refractivity contribution in [1.29, 1.82) is 0 Å². The second-order valence-corrected chi connectivity index (χ2v) is 9.46. The molecule has 2 fully saturated rings. The van der Waals surface area contributed by atoms with Crippen LogP contribution in [0.25, 0.3) is 0 Å². The van der Waals surface area contributed by atoms with Crippen molar-refractivity contribution in [3.63, 3.8) is 0 Å². The van der Waals surface area contributed by atoms with Crippen molar-refractivity contribution in [2.24, 2.45) is 0 Å². The molecule has 0 aromatic heterocycles. The molecular weight excluding hydrogens is 420 g/mol. The summed E-state index contributed by atoms with van der Waals surface area (Å²) >= 11 is 0. The van der Waals surface area contributed by atoms with Gasteiger partial charge in [0.15, 0.2) is 12.6 Å². The smallest absolute Gasteiger partial charge is 0.186 e. The predicted molar refractivity (Wildman–Crippen MR) is 128 cm³/mol. The van der Waals surface area contributed by atoms with E-state index in [-0.39, 0.29) is 6.61 Å². The minimum Gasteiger partial charge on any atom is -0.387 e. The molecule has 33 heavy (non-hydrogen) atoms. The first-order valence-electron chi connectivity index (χ1n) is 13.2. The highest BCUT2D eigenvalue weighted by molar-refractivity contribution is 5.16. The Morgan fingerprint density at radius 1 is 0.788 bits per heavy atom. The van der Waals surface area contributed by atoms with E-state index in [1.54, 1.807) is 0 Å². The van der Waals surface area contributed by atoms with Gasteiger partial charge in [0, 0.05) is 12.2 Å². The van der Waals surface area contributed by atoms with E-state index < -0.39 is 37.0 Å². The summed E-state index contributed by atoms with van der Waals surface area (Å²) in [4.78, 5) is 0. The van der Waals surface area contributed by atoms with E-state index in [2.05, 4.69) is 6.92 Å². The molecule has 6 heteroatoms. The lowest BCUT2D eigenvalue weighted by Gasteiger charge is -2.46. The Balaban J connectivity index is 1.25. The maximum atomic E-state index is 10.6. The first-order chi connectivity index (χ1) is 16.2. The Kier molecular flexibility index (Phi) is 12.1. The van der Waals surface area contributed by atoms with Crippen molar-refractivity contribution in [2.75, 3.05) is 13.2 Å². The van der Waals surface area contributed by atoms with E-state index in [1.165, 1.54) is 64.2 Å². The monoisotopic (exact) mass is 464 g/mol. The molecule has 3 rings (SSSR count). The van der Waals surface area contributed by atoms with Gasteiger partial charge in [-0.05, 0) is 6.42 Å². The minimum absolute atomic E-state index is 0.284. The zero-order valence-electron chi connectivity index (χ0n) is 20.3. The van der Waals surface area contributed by atoms with E-state index in [0.717, 1.165) is 18.4 Å². The lowest BCUT2D eigenvalue weighted by atomic mass is 9.98. The first-order valence-corrected chi connectivity index (χ1v) is 13.2. The molecule has 0 radical (unpaired) electrons. The third-order valence-corrected chi connectivity index (χ3v) is 6.69. The molecule has 0 saturated carbocycles. The van der Waals surface area contributed by atoms with Gasteiger partial charge in [-0.3, -0.25) is 0 Å². The molecule has 2 aliphatic heterocycles. The van der Waals surface area contributed by atoms with Gasteiger partial charge < -0.3 is 29.2 Å². The molecule has 1 unspecified atom stereocenters. The van der Waals surface area contributed by atoms with Gasteiger partial charge in [-0.15, -0.1) is 0 Å². The molecule has 0 bridgehead atoms. The fraction of sp³-hybridized carbons (Fsp3) is 0.778. The normalized spacial score (nSPS) is 29.7. The third-order valence-electron chi connectivity index (χ3n) is 6.69. The summed E-state index contributed by atoms with van der Waals surface area (Å²) < 4.78 is 23.4. The summed E-state index contributed by atoms with van der Waals surface area (Å²) in [5.74, 6) is 0. The van der Waals surface area contributed by atoms with Crippen molar-refractivity contribution in [3.05, 3.63) is 35.9 Å². The first kappa shape index (κ1) is 26.6. The molecular formula is C27H44O6. The van der Waals surface area contributed by atoms with Gasteiger partial charge in [0.05, 0.1) is 6.61 Å². The molecule has 6 atom stereocenters. The minimum atomic E-state index is -1.14. The summed E-state index contributed by atoms with van der Waals surface area (Å²) in [5, 5.41) is 21.1. The Labute approximate surface area is 199 Å². The molecule has 0 aliphatic carbocycles. The van der Waals surface area contributed by atoms with Crippen molar-refractivity contribution >= 4 is 0 Å². The number of unbranched alkanes of at least 4 members (excludes halogenated alkanes) is 11. The van der Waals surface area contributed by atoms with Crippen LogP contribution in [0.15, 0.2) is 30.3 Å². The van der Waals surface area contributed by atoms with Crippen LogP contribution in [-0.4, -0.2) is 54.1 Å². The molecule has 2 aliphatic rings. The molecule has 6 nitrogen and oxygen atoms in total. The molecule has 2 N–H and O–H groups in total. The van der Waals surface area contributed by atoms with Crippen LogP contribution in [-0.2, 0) is 18.9 Å². The van der Waals surface area contributed by atoms with E-state index in [1.807, 2.05) is 30.3 Å². The molecule has 0 amide bonds. The van der Waals surface area contributed by atoms with E-state index in [4.69, 9.17) is 18.9 Å². The molecule has 0 spiro atoms. The second-order valence-electron chi connectivity index (χ2n) is 9.46. The standard InChI is InChI=1S/C27H44O6/c1-2-3-4-5-6-7-8-9-10-11-12-16-19-30-27-24(29)23(28)25-22(32-27)20-31-26(33-25)21-17-14-13-15-18-21/h13-15,17-18,22-29H,2-12,16,19-20H2,1H3/t22-,23-,24-,25+,26?,27-/m1/s1. The molecule has 188 valence electrons. The number of hydrogen-bond acceptors (Lipinski definition) is 6. The van der Waals surface area contributed by atoms with Gasteiger partial charge in [0.25, 0.3) is 0 Å². The van der Waals surface area contributed by atoms with Crippen molar-refractivity contribution < 1.29 is 29.2 Å². The average Bonchev–Trinajstić information content (AvgIpc) is 2.85. The Hall–Kier alpha value is -1.02. The number of aliphatic hydroxyl groups excluding tert-OH is 2. The average molecular weight is 465 g/mol. The Bertz CT molecular complexity index is 624. The number of benzene rings is 1. The van der Waals surface area contributed by atoms with Crippen LogP contribution in [0.2, 0.25) is 0 Å². The highest BCUT2D eigenvalue weighted by Gasteiger charge is 2.49. The van der Waals surface area contributed by atoms with E-state index in [9.17, 15) is 10.2 Å².